The largest absolute Gasteiger partial charge is 0.479 e. The molecule has 0 fully saturated rings. The molecule has 6 nitrogen and oxygen atoms in total. The predicted octanol–water partition coefficient (Wildman–Crippen LogP) is 0.194. The number of carboxylic acid groups (broad SMARTS) is 1. The molecule has 1 aromatic carbocycles. The second-order valence-electron chi connectivity index (χ2n) is 3.20. The van der Waals surface area contributed by atoms with Crippen molar-refractivity contribution >= 4 is 33.5 Å². The van der Waals surface area contributed by atoms with E-state index < -0.39 is 24.1 Å². The molecule has 0 aromatic heterocycles. The first-order valence-corrected chi connectivity index (χ1v) is 5.37. The highest BCUT2D eigenvalue weighted by molar-refractivity contribution is 9.10. The highest BCUT2D eigenvalue weighted by atomic mass is 79.9. The van der Waals surface area contributed by atoms with E-state index in [-0.39, 0.29) is 0 Å². The van der Waals surface area contributed by atoms with E-state index in [0.29, 0.717) is 10.2 Å². The van der Waals surface area contributed by atoms with E-state index in [2.05, 4.69) is 21.2 Å². The summed E-state index contributed by atoms with van der Waals surface area (Å²) in [7, 11) is 0. The fourth-order valence-corrected chi connectivity index (χ4v) is 1.43. The number of anilines is 1. The van der Waals surface area contributed by atoms with Gasteiger partial charge in [-0.15, -0.1) is 0 Å². The van der Waals surface area contributed by atoms with Gasteiger partial charge in [-0.2, -0.15) is 0 Å². The van der Waals surface area contributed by atoms with Crippen molar-refractivity contribution < 1.29 is 24.9 Å². The maximum absolute atomic E-state index is 11.4. The zero-order valence-electron chi connectivity index (χ0n) is 8.50. The summed E-state index contributed by atoms with van der Waals surface area (Å²) >= 11 is 3.16. The molecule has 7 heteroatoms. The van der Waals surface area contributed by atoms with Crippen LogP contribution in [-0.2, 0) is 9.59 Å². The van der Waals surface area contributed by atoms with Crippen LogP contribution in [-0.4, -0.2) is 39.4 Å². The lowest BCUT2D eigenvalue weighted by molar-refractivity contribution is -0.156. The minimum Gasteiger partial charge on any atom is -0.479 e. The Kier molecular flexibility index (Phi) is 4.62. The van der Waals surface area contributed by atoms with E-state index in [0.717, 1.165) is 0 Å². The number of aliphatic hydroxyl groups excluding tert-OH is 2. The van der Waals surface area contributed by atoms with Gasteiger partial charge in [-0.25, -0.2) is 4.79 Å². The van der Waals surface area contributed by atoms with Crippen molar-refractivity contribution in [2.45, 2.75) is 12.2 Å². The number of halogens is 1. The number of para-hydroxylation sites is 1. The number of hydrogen-bond acceptors (Lipinski definition) is 4. The Labute approximate surface area is 105 Å². The Bertz CT molecular complexity index is 436. The van der Waals surface area contributed by atoms with Gasteiger partial charge in [0.15, 0.2) is 12.2 Å². The van der Waals surface area contributed by atoms with Crippen LogP contribution in [0.5, 0.6) is 0 Å². The van der Waals surface area contributed by atoms with Crippen LogP contribution in [0.1, 0.15) is 0 Å². The van der Waals surface area contributed by atoms with Crippen LogP contribution in [0.2, 0.25) is 0 Å². The van der Waals surface area contributed by atoms with Gasteiger partial charge in [0, 0.05) is 4.47 Å². The van der Waals surface area contributed by atoms with Crippen LogP contribution in [0.25, 0.3) is 0 Å². The van der Waals surface area contributed by atoms with E-state index in [1.807, 2.05) is 0 Å². The smallest absolute Gasteiger partial charge is 0.335 e. The second-order valence-corrected chi connectivity index (χ2v) is 4.05. The first-order valence-electron chi connectivity index (χ1n) is 4.58. The zero-order valence-corrected chi connectivity index (χ0v) is 10.1. The Morgan fingerprint density at radius 1 is 1.18 bits per heavy atom. The molecule has 0 radical (unpaired) electrons. The number of carbonyl (C=O) groups excluding carboxylic acids is 1. The molecule has 0 aliphatic heterocycles. The van der Waals surface area contributed by atoms with Gasteiger partial charge >= 0.3 is 5.97 Å². The van der Waals surface area contributed by atoms with Crippen LogP contribution >= 0.6 is 15.9 Å². The molecule has 2 unspecified atom stereocenters. The number of nitrogens with one attached hydrogen (secondary N) is 1. The summed E-state index contributed by atoms with van der Waals surface area (Å²) < 4.78 is 0.574. The highest BCUT2D eigenvalue weighted by Crippen LogP contribution is 2.21. The Balaban J connectivity index is 2.73. The molecule has 1 aromatic rings. The van der Waals surface area contributed by atoms with E-state index in [9.17, 15) is 14.7 Å². The van der Waals surface area contributed by atoms with Crippen LogP contribution in [0, 0.1) is 0 Å². The number of carboxylic acids is 1. The van der Waals surface area contributed by atoms with Crippen LogP contribution in [0.15, 0.2) is 28.7 Å². The summed E-state index contributed by atoms with van der Waals surface area (Å²) in [5, 5.41) is 29.0. The normalized spacial score (nSPS) is 13.8. The van der Waals surface area contributed by atoms with Crippen molar-refractivity contribution in [2.75, 3.05) is 5.32 Å². The van der Waals surface area contributed by atoms with E-state index in [4.69, 9.17) is 10.2 Å². The van der Waals surface area contributed by atoms with Crippen molar-refractivity contribution in [1.29, 1.82) is 0 Å². The van der Waals surface area contributed by atoms with Crippen molar-refractivity contribution in [3.63, 3.8) is 0 Å². The molecular weight excluding hydrogens is 294 g/mol. The van der Waals surface area contributed by atoms with E-state index >= 15 is 0 Å². The molecule has 4 N–H and O–H groups in total. The molecule has 0 aliphatic carbocycles. The van der Waals surface area contributed by atoms with Gasteiger partial charge in [-0.3, -0.25) is 4.79 Å². The topological polar surface area (TPSA) is 107 Å². The van der Waals surface area contributed by atoms with Crippen molar-refractivity contribution in [1.82, 2.24) is 0 Å². The molecule has 0 aliphatic rings. The van der Waals surface area contributed by atoms with Crippen molar-refractivity contribution in [3.8, 4) is 0 Å². The van der Waals surface area contributed by atoms with Crippen LogP contribution in [0.3, 0.4) is 0 Å². The second kappa shape index (κ2) is 5.76. The SMILES string of the molecule is O=C(O)C(O)C(O)C(=O)Nc1ccccc1Br. The first kappa shape index (κ1) is 13.6. The minimum absolute atomic E-state index is 0.370. The quantitative estimate of drug-likeness (QED) is 0.635. The van der Waals surface area contributed by atoms with Gasteiger partial charge in [0.2, 0.25) is 0 Å². The maximum Gasteiger partial charge on any atom is 0.335 e. The lowest BCUT2D eigenvalue weighted by Gasteiger charge is -2.14. The molecule has 17 heavy (non-hydrogen) atoms. The highest BCUT2D eigenvalue weighted by Gasteiger charge is 2.30. The standard InChI is InChI=1S/C10H10BrNO5/c11-5-3-1-2-4-6(5)12-9(15)7(13)8(14)10(16)17/h1-4,7-8,13-14H,(H,12,15)(H,16,17). The Morgan fingerprint density at radius 2 is 1.76 bits per heavy atom. The molecule has 1 amide bonds. The number of hydrogen-bond donors (Lipinski definition) is 4. The zero-order chi connectivity index (χ0) is 13.0. The number of aliphatic hydroxyl groups is 2. The molecule has 1 rings (SSSR count). The molecule has 0 saturated carbocycles. The van der Waals surface area contributed by atoms with Crippen molar-refractivity contribution in [3.05, 3.63) is 28.7 Å². The summed E-state index contributed by atoms with van der Waals surface area (Å²) in [4.78, 5) is 21.8. The summed E-state index contributed by atoms with van der Waals surface area (Å²) in [5.41, 5.74) is 0.370. The van der Waals surface area contributed by atoms with Gasteiger partial charge in [0.1, 0.15) is 0 Å². The van der Waals surface area contributed by atoms with Gasteiger partial charge in [0.05, 0.1) is 5.69 Å². The van der Waals surface area contributed by atoms with Gasteiger partial charge in [-0.1, -0.05) is 12.1 Å². The Hall–Kier alpha value is -1.44. The third kappa shape index (κ3) is 3.52. The number of benzene rings is 1. The molecular formula is C10H10BrNO5. The maximum atomic E-state index is 11.4. The summed E-state index contributed by atoms with van der Waals surface area (Å²) in [6.45, 7) is 0. The lowest BCUT2D eigenvalue weighted by Crippen LogP contribution is -2.42. The van der Waals surface area contributed by atoms with Gasteiger partial charge in [-0.05, 0) is 28.1 Å². The molecule has 0 bridgehead atoms. The lowest BCUT2D eigenvalue weighted by atomic mass is 10.2. The molecule has 0 saturated heterocycles. The molecule has 92 valence electrons. The van der Waals surface area contributed by atoms with E-state index in [1.165, 1.54) is 0 Å². The number of amides is 1. The molecule has 0 spiro atoms. The summed E-state index contributed by atoms with van der Waals surface area (Å²) in [6.07, 6.45) is -4.18. The Morgan fingerprint density at radius 3 is 2.29 bits per heavy atom. The minimum atomic E-state index is -2.16. The average Bonchev–Trinajstić information content (AvgIpc) is 2.30. The monoisotopic (exact) mass is 303 g/mol. The molecule has 2 atom stereocenters. The average molecular weight is 304 g/mol. The fourth-order valence-electron chi connectivity index (χ4n) is 1.05. The molecule has 0 heterocycles. The first-order chi connectivity index (χ1) is 7.93. The third-order valence-corrected chi connectivity index (χ3v) is 2.64. The van der Waals surface area contributed by atoms with Gasteiger partial charge < -0.3 is 20.6 Å². The number of aliphatic carboxylic acids is 1. The third-order valence-electron chi connectivity index (χ3n) is 1.95. The van der Waals surface area contributed by atoms with Gasteiger partial charge in [0.25, 0.3) is 5.91 Å². The number of carbonyl (C=O) groups is 2. The number of rotatable bonds is 4. The van der Waals surface area contributed by atoms with Crippen LogP contribution in [0.4, 0.5) is 5.69 Å². The van der Waals surface area contributed by atoms with E-state index in [1.54, 1.807) is 24.3 Å². The van der Waals surface area contributed by atoms with Crippen molar-refractivity contribution in [2.24, 2.45) is 0 Å². The fraction of sp³-hybridized carbons (Fsp3) is 0.200. The predicted molar refractivity (Wildman–Crippen MR) is 62.4 cm³/mol. The summed E-state index contributed by atoms with van der Waals surface area (Å²) in [6, 6.07) is 6.60. The summed E-state index contributed by atoms with van der Waals surface area (Å²) in [5.74, 6) is -2.66. The van der Waals surface area contributed by atoms with Crippen LogP contribution < -0.4 is 5.32 Å².